The first-order valence-electron chi connectivity index (χ1n) is 9.91. The van der Waals surface area contributed by atoms with Crippen LogP contribution in [-0.2, 0) is 0 Å². The lowest BCUT2D eigenvalue weighted by atomic mass is 9.88. The quantitative estimate of drug-likeness (QED) is 0.536. The Morgan fingerprint density at radius 2 is 1.67 bits per heavy atom. The van der Waals surface area contributed by atoms with Gasteiger partial charge in [-0.05, 0) is 62.0 Å². The van der Waals surface area contributed by atoms with E-state index >= 15 is 4.39 Å². The van der Waals surface area contributed by atoms with Crippen LogP contribution in [0.1, 0.15) is 57.4 Å². The van der Waals surface area contributed by atoms with Gasteiger partial charge in [0.1, 0.15) is 18.5 Å². The van der Waals surface area contributed by atoms with E-state index in [-0.39, 0.29) is 43.1 Å². The van der Waals surface area contributed by atoms with Gasteiger partial charge in [0.15, 0.2) is 11.6 Å². The van der Waals surface area contributed by atoms with Gasteiger partial charge in [-0.3, -0.25) is 0 Å². The fraction of sp³-hybridized carbons (Fsp3) is 0.714. The summed E-state index contributed by atoms with van der Waals surface area (Å²) in [5.41, 5.74) is -0.107. The highest BCUT2D eigenvalue weighted by molar-refractivity contribution is 5.34. The second kappa shape index (κ2) is 8.36. The Morgan fingerprint density at radius 1 is 0.926 bits per heavy atom. The van der Waals surface area contributed by atoms with E-state index in [9.17, 15) is 17.6 Å². The fourth-order valence-corrected chi connectivity index (χ4v) is 4.99. The minimum absolute atomic E-state index is 0.0471. The van der Waals surface area contributed by atoms with E-state index in [2.05, 4.69) is 0 Å². The molecule has 0 aromatic heterocycles. The van der Waals surface area contributed by atoms with Gasteiger partial charge in [-0.25, -0.2) is 17.6 Å². The van der Waals surface area contributed by atoms with E-state index in [0.717, 1.165) is 6.42 Å². The predicted octanol–water partition coefficient (Wildman–Crippen LogP) is 6.31. The standard InChI is InChI=1S/C21H27F5O/c1-3-5-11-8-17(23)13-9-14(19(24)15(13)10-16(11)22)12-6-7-18(27-4-2)21(26)20(12)25/h6-7,11,13-17,19H,3-5,8-10H2,1-2H3. The summed E-state index contributed by atoms with van der Waals surface area (Å²) in [5.74, 6) is -5.33. The zero-order chi connectivity index (χ0) is 19.7. The molecule has 27 heavy (non-hydrogen) atoms. The first kappa shape index (κ1) is 20.4. The molecule has 2 aliphatic carbocycles. The van der Waals surface area contributed by atoms with Crippen molar-refractivity contribution < 1.29 is 26.7 Å². The molecule has 3 rings (SSSR count). The molecule has 2 fully saturated rings. The molecule has 0 amide bonds. The summed E-state index contributed by atoms with van der Waals surface area (Å²) in [6.07, 6.45) is -2.71. The highest BCUT2D eigenvalue weighted by atomic mass is 19.2. The molecule has 6 heteroatoms. The molecule has 0 bridgehead atoms. The number of rotatable bonds is 5. The van der Waals surface area contributed by atoms with Gasteiger partial charge in [-0.2, -0.15) is 4.39 Å². The van der Waals surface area contributed by atoms with Gasteiger partial charge in [-0.15, -0.1) is 0 Å². The lowest BCUT2D eigenvalue weighted by Crippen LogP contribution is -2.24. The largest absolute Gasteiger partial charge is 0.491 e. The number of halogens is 5. The first-order chi connectivity index (χ1) is 12.9. The van der Waals surface area contributed by atoms with E-state index in [0.29, 0.717) is 6.42 Å². The number of ether oxygens (including phenoxy) is 1. The lowest BCUT2D eigenvalue weighted by molar-refractivity contribution is 0.140. The molecule has 1 aromatic rings. The molecular weight excluding hydrogens is 363 g/mol. The minimum atomic E-state index is -1.58. The molecule has 0 N–H and O–H groups in total. The van der Waals surface area contributed by atoms with Gasteiger partial charge < -0.3 is 4.74 Å². The first-order valence-corrected chi connectivity index (χ1v) is 9.91. The van der Waals surface area contributed by atoms with Crippen molar-refractivity contribution in [2.75, 3.05) is 6.61 Å². The van der Waals surface area contributed by atoms with Crippen LogP contribution in [0.2, 0.25) is 0 Å². The van der Waals surface area contributed by atoms with Gasteiger partial charge in [0.2, 0.25) is 5.82 Å². The topological polar surface area (TPSA) is 9.23 Å². The Balaban J connectivity index is 1.85. The van der Waals surface area contributed by atoms with Gasteiger partial charge in [0.25, 0.3) is 0 Å². The SMILES string of the molecule is CCCC1CC(F)C2CC(c3ccc(OCC)c(F)c3F)C(F)C2CC1F. The Kier molecular flexibility index (Phi) is 6.32. The van der Waals surface area contributed by atoms with Crippen molar-refractivity contribution in [2.24, 2.45) is 17.8 Å². The molecule has 0 spiro atoms. The fourth-order valence-electron chi connectivity index (χ4n) is 4.99. The second-order valence-electron chi connectivity index (χ2n) is 7.88. The van der Waals surface area contributed by atoms with Gasteiger partial charge in [0, 0.05) is 5.92 Å². The van der Waals surface area contributed by atoms with Crippen LogP contribution in [0.3, 0.4) is 0 Å². The highest BCUT2D eigenvalue weighted by Crippen LogP contribution is 2.53. The third kappa shape index (κ3) is 3.81. The monoisotopic (exact) mass is 390 g/mol. The number of alkyl halides is 3. The smallest absolute Gasteiger partial charge is 0.200 e. The summed E-state index contributed by atoms with van der Waals surface area (Å²) in [4.78, 5) is 0. The van der Waals surface area contributed by atoms with Crippen LogP contribution in [0.25, 0.3) is 0 Å². The normalized spacial score (nSPS) is 36.3. The molecule has 0 radical (unpaired) electrons. The van der Waals surface area contributed by atoms with Crippen LogP contribution in [0.4, 0.5) is 22.0 Å². The third-order valence-electron chi connectivity index (χ3n) is 6.31. The zero-order valence-electron chi connectivity index (χ0n) is 15.7. The van der Waals surface area contributed by atoms with Crippen molar-refractivity contribution in [3.63, 3.8) is 0 Å². The summed E-state index contributed by atoms with van der Waals surface area (Å²) in [6.45, 7) is 3.74. The molecule has 0 heterocycles. The van der Waals surface area contributed by atoms with E-state index in [1.54, 1.807) is 6.92 Å². The van der Waals surface area contributed by atoms with Gasteiger partial charge >= 0.3 is 0 Å². The second-order valence-corrected chi connectivity index (χ2v) is 7.88. The Bertz CT molecular complexity index is 652. The van der Waals surface area contributed by atoms with Crippen LogP contribution in [0.5, 0.6) is 5.75 Å². The van der Waals surface area contributed by atoms with E-state index in [1.807, 2.05) is 6.92 Å². The molecule has 0 saturated heterocycles. The lowest BCUT2D eigenvalue weighted by Gasteiger charge is -2.22. The summed E-state index contributed by atoms with van der Waals surface area (Å²) in [5, 5.41) is 0. The summed E-state index contributed by atoms with van der Waals surface area (Å²) in [7, 11) is 0. The van der Waals surface area contributed by atoms with Crippen molar-refractivity contribution in [1.82, 2.24) is 0 Å². The number of hydrogen-bond acceptors (Lipinski definition) is 1. The van der Waals surface area contributed by atoms with Crippen LogP contribution >= 0.6 is 0 Å². The Labute approximate surface area is 157 Å². The summed E-state index contributed by atoms with van der Waals surface area (Å²) < 4.78 is 78.3. The summed E-state index contributed by atoms with van der Waals surface area (Å²) in [6, 6.07) is 2.59. The van der Waals surface area contributed by atoms with Gasteiger partial charge in [0.05, 0.1) is 6.61 Å². The van der Waals surface area contributed by atoms with E-state index in [1.165, 1.54) is 12.1 Å². The Morgan fingerprint density at radius 3 is 2.33 bits per heavy atom. The molecule has 2 saturated carbocycles. The van der Waals surface area contributed by atoms with Gasteiger partial charge in [-0.1, -0.05) is 19.4 Å². The maximum atomic E-state index is 15.2. The van der Waals surface area contributed by atoms with E-state index < -0.39 is 47.9 Å². The highest BCUT2D eigenvalue weighted by Gasteiger charge is 2.52. The van der Waals surface area contributed by atoms with E-state index in [4.69, 9.17) is 4.74 Å². The maximum Gasteiger partial charge on any atom is 0.200 e. The summed E-state index contributed by atoms with van der Waals surface area (Å²) >= 11 is 0. The maximum absolute atomic E-state index is 15.2. The molecule has 7 unspecified atom stereocenters. The van der Waals surface area contributed by atoms with Crippen molar-refractivity contribution in [2.45, 2.75) is 70.4 Å². The van der Waals surface area contributed by atoms with Crippen molar-refractivity contribution in [1.29, 1.82) is 0 Å². The zero-order valence-corrected chi connectivity index (χ0v) is 15.7. The van der Waals surface area contributed by atoms with Crippen molar-refractivity contribution >= 4 is 0 Å². The molecule has 2 aliphatic rings. The van der Waals surface area contributed by atoms with Crippen molar-refractivity contribution in [3.8, 4) is 5.75 Å². The molecule has 7 atom stereocenters. The molecule has 1 nitrogen and oxygen atoms in total. The molecule has 152 valence electrons. The predicted molar refractivity (Wildman–Crippen MR) is 94.2 cm³/mol. The number of benzene rings is 1. The third-order valence-corrected chi connectivity index (χ3v) is 6.31. The molecule has 1 aromatic carbocycles. The molecular formula is C21H27F5O. The average molecular weight is 390 g/mol. The molecule has 0 aliphatic heterocycles. The van der Waals surface area contributed by atoms with Crippen LogP contribution < -0.4 is 4.74 Å². The minimum Gasteiger partial charge on any atom is -0.491 e. The van der Waals surface area contributed by atoms with Crippen LogP contribution in [0, 0.1) is 29.4 Å². The number of hydrogen-bond donors (Lipinski definition) is 0. The average Bonchev–Trinajstić information content (AvgIpc) is 2.89. The Hall–Kier alpha value is -1.33. The van der Waals surface area contributed by atoms with Crippen LogP contribution in [0.15, 0.2) is 12.1 Å². The van der Waals surface area contributed by atoms with Crippen LogP contribution in [-0.4, -0.2) is 25.1 Å². The number of fused-ring (bicyclic) bond motifs is 1. The van der Waals surface area contributed by atoms with Crippen molar-refractivity contribution in [3.05, 3.63) is 29.3 Å².